The minimum atomic E-state index is -3.79. The van der Waals surface area contributed by atoms with Crippen LogP contribution in [0.3, 0.4) is 0 Å². The summed E-state index contributed by atoms with van der Waals surface area (Å²) in [6.45, 7) is 6.05. The number of ether oxygens (including phenoxy) is 1. The molecule has 0 radical (unpaired) electrons. The van der Waals surface area contributed by atoms with Crippen LogP contribution in [-0.2, 0) is 27.9 Å². The van der Waals surface area contributed by atoms with E-state index in [-0.39, 0.29) is 17.5 Å². The molecule has 0 spiro atoms. The number of sulfonamides is 1. The van der Waals surface area contributed by atoms with E-state index in [0.717, 1.165) is 17.2 Å². The van der Waals surface area contributed by atoms with Crippen molar-refractivity contribution in [1.29, 1.82) is 0 Å². The molecule has 0 unspecified atom stereocenters. The predicted octanol–water partition coefficient (Wildman–Crippen LogP) is 3.54. The summed E-state index contributed by atoms with van der Waals surface area (Å²) < 4.78 is 46.4. The lowest BCUT2D eigenvalue weighted by atomic mass is 10.1. The summed E-state index contributed by atoms with van der Waals surface area (Å²) in [5.41, 5.74) is 2.25. The van der Waals surface area contributed by atoms with Crippen LogP contribution in [-0.4, -0.2) is 14.5 Å². The normalized spacial score (nSPS) is 11.9. The molecule has 0 fully saturated rings. The van der Waals surface area contributed by atoms with E-state index in [0.29, 0.717) is 12.2 Å². The van der Waals surface area contributed by atoms with Crippen LogP contribution in [0.5, 0.6) is 0 Å². The zero-order valence-corrected chi connectivity index (χ0v) is 14.9. The minimum Gasteiger partial charge on any atom is -0.374 e. The molecule has 2 aromatic rings. The van der Waals surface area contributed by atoms with Crippen LogP contribution in [0.1, 0.15) is 30.5 Å². The topological polar surface area (TPSA) is 55.4 Å². The number of nitrogens with one attached hydrogen (secondary N) is 1. The lowest BCUT2D eigenvalue weighted by Crippen LogP contribution is -2.24. The van der Waals surface area contributed by atoms with Crippen molar-refractivity contribution in [3.8, 4) is 0 Å². The molecule has 0 aliphatic heterocycles. The first-order chi connectivity index (χ1) is 11.3. The fourth-order valence-electron chi connectivity index (χ4n) is 2.24. The van der Waals surface area contributed by atoms with Crippen molar-refractivity contribution in [2.24, 2.45) is 0 Å². The molecule has 130 valence electrons. The van der Waals surface area contributed by atoms with Crippen molar-refractivity contribution in [2.75, 3.05) is 0 Å². The molecule has 4 nitrogen and oxygen atoms in total. The highest BCUT2D eigenvalue weighted by molar-refractivity contribution is 7.89. The zero-order chi connectivity index (χ0) is 17.7. The summed E-state index contributed by atoms with van der Waals surface area (Å²) in [5.74, 6) is -0.577. The molecule has 0 aliphatic carbocycles. The maximum absolute atomic E-state index is 13.4. The third kappa shape index (κ3) is 4.87. The van der Waals surface area contributed by atoms with Crippen LogP contribution < -0.4 is 4.72 Å². The van der Waals surface area contributed by atoms with Crippen LogP contribution in [0.4, 0.5) is 4.39 Å². The average Bonchev–Trinajstić information content (AvgIpc) is 2.54. The van der Waals surface area contributed by atoms with Gasteiger partial charge in [0.25, 0.3) is 0 Å². The van der Waals surface area contributed by atoms with E-state index >= 15 is 0 Å². The zero-order valence-electron chi connectivity index (χ0n) is 14.0. The first-order valence-corrected chi connectivity index (χ1v) is 9.22. The Morgan fingerprint density at radius 3 is 2.46 bits per heavy atom. The maximum Gasteiger partial charge on any atom is 0.241 e. The monoisotopic (exact) mass is 351 g/mol. The Bertz CT molecular complexity index is 804. The summed E-state index contributed by atoms with van der Waals surface area (Å²) in [6, 6.07) is 11.2. The Morgan fingerprint density at radius 1 is 1.12 bits per heavy atom. The third-order valence-corrected chi connectivity index (χ3v) is 5.13. The summed E-state index contributed by atoms with van der Waals surface area (Å²) in [5, 5.41) is 0. The SMILES string of the molecule is Cc1ccc(F)cc1S(=O)(=O)NCc1ccccc1COC(C)C. The Hall–Kier alpha value is -1.76. The molecule has 24 heavy (non-hydrogen) atoms. The highest BCUT2D eigenvalue weighted by atomic mass is 32.2. The third-order valence-electron chi connectivity index (χ3n) is 3.58. The quantitative estimate of drug-likeness (QED) is 0.830. The van der Waals surface area contributed by atoms with Gasteiger partial charge in [-0.25, -0.2) is 17.5 Å². The van der Waals surface area contributed by atoms with E-state index in [1.54, 1.807) is 6.92 Å². The van der Waals surface area contributed by atoms with Crippen molar-refractivity contribution in [1.82, 2.24) is 4.72 Å². The molecule has 0 saturated carbocycles. The van der Waals surface area contributed by atoms with E-state index in [1.165, 1.54) is 12.1 Å². The van der Waals surface area contributed by atoms with Crippen molar-refractivity contribution >= 4 is 10.0 Å². The molecule has 0 aliphatic rings. The molecule has 0 bridgehead atoms. The van der Waals surface area contributed by atoms with E-state index in [4.69, 9.17) is 4.74 Å². The van der Waals surface area contributed by atoms with Crippen LogP contribution in [0.25, 0.3) is 0 Å². The summed E-state index contributed by atoms with van der Waals surface area (Å²) in [4.78, 5) is -0.0431. The smallest absolute Gasteiger partial charge is 0.241 e. The van der Waals surface area contributed by atoms with Gasteiger partial charge < -0.3 is 4.74 Å². The van der Waals surface area contributed by atoms with Gasteiger partial charge in [0.05, 0.1) is 17.6 Å². The first kappa shape index (κ1) is 18.6. The fraction of sp³-hybridized carbons (Fsp3) is 0.333. The molecule has 0 heterocycles. The van der Waals surface area contributed by atoms with Crippen molar-refractivity contribution in [2.45, 2.75) is 44.9 Å². The molecule has 0 atom stereocenters. The lowest BCUT2D eigenvalue weighted by Gasteiger charge is -2.14. The van der Waals surface area contributed by atoms with Gasteiger partial charge in [-0.2, -0.15) is 0 Å². The van der Waals surface area contributed by atoms with Gasteiger partial charge in [0.2, 0.25) is 10.0 Å². The molecule has 6 heteroatoms. The van der Waals surface area contributed by atoms with Gasteiger partial charge in [0, 0.05) is 6.54 Å². The molecule has 0 amide bonds. The van der Waals surface area contributed by atoms with E-state index in [2.05, 4.69) is 4.72 Å². The number of hydrogen-bond donors (Lipinski definition) is 1. The highest BCUT2D eigenvalue weighted by Gasteiger charge is 2.18. The van der Waals surface area contributed by atoms with Crippen molar-refractivity contribution < 1.29 is 17.5 Å². The molecule has 1 N–H and O–H groups in total. The van der Waals surface area contributed by atoms with Gasteiger partial charge in [0.1, 0.15) is 5.82 Å². The van der Waals surface area contributed by atoms with Crippen molar-refractivity contribution in [3.05, 3.63) is 65.0 Å². The van der Waals surface area contributed by atoms with E-state index < -0.39 is 15.8 Å². The lowest BCUT2D eigenvalue weighted by molar-refractivity contribution is 0.0652. The molecule has 0 aromatic heterocycles. The van der Waals surface area contributed by atoms with Gasteiger partial charge in [-0.05, 0) is 49.6 Å². The average molecular weight is 351 g/mol. The number of aryl methyl sites for hydroxylation is 1. The van der Waals surface area contributed by atoms with Gasteiger partial charge in [-0.1, -0.05) is 30.3 Å². The predicted molar refractivity (Wildman–Crippen MR) is 91.5 cm³/mol. The van der Waals surface area contributed by atoms with Gasteiger partial charge in [0.15, 0.2) is 0 Å². The molecular weight excluding hydrogens is 329 g/mol. The number of rotatable bonds is 7. The van der Waals surface area contributed by atoms with E-state index in [1.807, 2.05) is 38.1 Å². The second kappa shape index (κ2) is 7.88. The van der Waals surface area contributed by atoms with Gasteiger partial charge >= 0.3 is 0 Å². The first-order valence-electron chi connectivity index (χ1n) is 7.74. The highest BCUT2D eigenvalue weighted by Crippen LogP contribution is 2.18. The number of benzene rings is 2. The number of hydrogen-bond acceptors (Lipinski definition) is 3. The van der Waals surface area contributed by atoms with Crippen LogP contribution in [0, 0.1) is 12.7 Å². The molecular formula is C18H22FNO3S. The van der Waals surface area contributed by atoms with E-state index in [9.17, 15) is 12.8 Å². The second-order valence-electron chi connectivity index (χ2n) is 5.86. The minimum absolute atomic E-state index is 0.0431. The molecule has 0 saturated heterocycles. The Labute approximate surface area is 142 Å². The summed E-state index contributed by atoms with van der Waals surface area (Å²) in [7, 11) is -3.79. The Balaban J connectivity index is 2.17. The van der Waals surface area contributed by atoms with Crippen molar-refractivity contribution in [3.63, 3.8) is 0 Å². The summed E-state index contributed by atoms with van der Waals surface area (Å²) >= 11 is 0. The maximum atomic E-state index is 13.4. The van der Waals surface area contributed by atoms with Crippen LogP contribution in [0.2, 0.25) is 0 Å². The second-order valence-corrected chi connectivity index (χ2v) is 7.60. The van der Waals surface area contributed by atoms with Crippen LogP contribution in [0.15, 0.2) is 47.4 Å². The number of halogens is 1. The molecule has 2 rings (SSSR count). The largest absolute Gasteiger partial charge is 0.374 e. The summed E-state index contributed by atoms with van der Waals surface area (Å²) in [6.07, 6.45) is 0.0877. The standard InChI is InChI=1S/C18H22FNO3S/c1-13(2)23-12-16-7-5-4-6-15(16)11-20-24(21,22)18-10-17(19)9-8-14(18)3/h4-10,13,20H,11-12H2,1-3H3. The Morgan fingerprint density at radius 2 is 1.79 bits per heavy atom. The van der Waals surface area contributed by atoms with Crippen LogP contribution >= 0.6 is 0 Å². The fourth-order valence-corrected chi connectivity index (χ4v) is 3.50. The van der Waals surface area contributed by atoms with Gasteiger partial charge in [-0.3, -0.25) is 0 Å². The molecule has 2 aromatic carbocycles. The van der Waals surface area contributed by atoms with Gasteiger partial charge in [-0.15, -0.1) is 0 Å². The Kier molecular flexibility index (Phi) is 6.10.